The molecule has 1 aromatic heterocycles. The zero-order chi connectivity index (χ0) is 15.6. The molecule has 0 N–H and O–H groups in total. The van der Waals surface area contributed by atoms with Crippen molar-refractivity contribution in [3.8, 4) is 0 Å². The number of piperazine rings is 1. The zero-order valence-electron chi connectivity index (χ0n) is 13.3. The average molecular weight is 308 g/mol. The predicted octanol–water partition coefficient (Wildman–Crippen LogP) is 1.36. The number of amides is 1. The molecule has 0 aliphatic carbocycles. The Morgan fingerprint density at radius 1 is 1.41 bits per heavy atom. The van der Waals surface area contributed by atoms with E-state index in [-0.39, 0.29) is 11.4 Å². The summed E-state index contributed by atoms with van der Waals surface area (Å²) in [6.45, 7) is 7.35. The van der Waals surface area contributed by atoms with E-state index >= 15 is 0 Å². The second kappa shape index (κ2) is 6.40. The second-order valence-electron chi connectivity index (χ2n) is 6.03. The first-order valence-corrected chi connectivity index (χ1v) is 7.88. The predicted molar refractivity (Wildman–Crippen MR) is 80.7 cm³/mol. The number of hydrogen-bond donors (Lipinski definition) is 0. The minimum atomic E-state index is -0.0376. The largest absolute Gasteiger partial charge is 0.453 e. The molecule has 1 spiro atoms. The first-order valence-electron chi connectivity index (χ1n) is 7.88. The third kappa shape index (κ3) is 2.78. The van der Waals surface area contributed by atoms with Crippen LogP contribution in [0.4, 0.5) is 0 Å². The SMILES string of the molecule is CCN1CCN(C(=O)c2ccc(COC)o2)CC12CCOC2. The highest BCUT2D eigenvalue weighted by atomic mass is 16.5. The lowest BCUT2D eigenvalue weighted by Crippen LogP contribution is -2.63. The van der Waals surface area contributed by atoms with E-state index in [1.807, 2.05) is 4.90 Å². The van der Waals surface area contributed by atoms with Gasteiger partial charge < -0.3 is 18.8 Å². The van der Waals surface area contributed by atoms with Crippen molar-refractivity contribution in [1.82, 2.24) is 9.80 Å². The van der Waals surface area contributed by atoms with Gasteiger partial charge in [0, 0.05) is 33.4 Å². The van der Waals surface area contributed by atoms with Crippen LogP contribution in [0.3, 0.4) is 0 Å². The first kappa shape index (κ1) is 15.5. The Balaban J connectivity index is 1.72. The number of furan rings is 1. The molecule has 0 bridgehead atoms. The minimum Gasteiger partial charge on any atom is -0.453 e. The van der Waals surface area contributed by atoms with E-state index in [2.05, 4.69) is 11.8 Å². The first-order chi connectivity index (χ1) is 10.7. The summed E-state index contributed by atoms with van der Waals surface area (Å²) in [4.78, 5) is 17.0. The number of carbonyl (C=O) groups excluding carboxylic acids is 1. The lowest BCUT2D eigenvalue weighted by atomic mass is 9.92. The number of rotatable bonds is 4. The number of ether oxygens (including phenoxy) is 2. The van der Waals surface area contributed by atoms with E-state index in [0.29, 0.717) is 31.3 Å². The minimum absolute atomic E-state index is 0.0232. The maximum atomic E-state index is 12.7. The summed E-state index contributed by atoms with van der Waals surface area (Å²) in [5.74, 6) is 1.03. The average Bonchev–Trinajstić information content (AvgIpc) is 3.17. The molecule has 0 radical (unpaired) electrons. The Bertz CT molecular complexity index is 522. The molecule has 2 aliphatic heterocycles. The van der Waals surface area contributed by atoms with Crippen molar-refractivity contribution in [1.29, 1.82) is 0 Å². The Hall–Kier alpha value is -1.37. The number of carbonyl (C=O) groups is 1. The Morgan fingerprint density at radius 2 is 2.27 bits per heavy atom. The summed E-state index contributed by atoms with van der Waals surface area (Å²) in [6, 6.07) is 3.54. The summed E-state index contributed by atoms with van der Waals surface area (Å²) in [5, 5.41) is 0. The van der Waals surface area contributed by atoms with Gasteiger partial charge in [0.05, 0.1) is 12.1 Å². The highest BCUT2D eigenvalue weighted by Crippen LogP contribution is 2.31. The highest BCUT2D eigenvalue weighted by Gasteiger charge is 2.45. The van der Waals surface area contributed by atoms with Crippen molar-refractivity contribution in [2.75, 3.05) is 46.5 Å². The van der Waals surface area contributed by atoms with Crippen molar-refractivity contribution in [2.45, 2.75) is 25.5 Å². The topological polar surface area (TPSA) is 55.2 Å². The molecule has 2 aliphatic rings. The second-order valence-corrected chi connectivity index (χ2v) is 6.03. The number of likely N-dealkylation sites (N-methyl/N-ethyl adjacent to an activating group) is 1. The third-order valence-electron chi connectivity index (χ3n) is 4.71. The summed E-state index contributed by atoms with van der Waals surface area (Å²) in [7, 11) is 1.61. The maximum Gasteiger partial charge on any atom is 0.289 e. The monoisotopic (exact) mass is 308 g/mol. The standard InChI is InChI=1S/C16H24N2O4/c1-3-18-8-7-17(11-16(18)6-9-21-12-16)15(19)14-5-4-13(22-14)10-20-2/h4-5H,3,6-12H2,1-2H3. The molecule has 3 rings (SSSR count). The lowest BCUT2D eigenvalue weighted by molar-refractivity contribution is -0.00356. The van der Waals surface area contributed by atoms with E-state index in [0.717, 1.165) is 32.7 Å². The molecule has 1 aromatic rings. The molecule has 6 heteroatoms. The molecule has 0 saturated carbocycles. The Labute approximate surface area is 131 Å². The lowest BCUT2D eigenvalue weighted by Gasteiger charge is -2.47. The van der Waals surface area contributed by atoms with Crippen LogP contribution >= 0.6 is 0 Å². The summed E-state index contributed by atoms with van der Waals surface area (Å²) in [6.07, 6.45) is 0.984. The van der Waals surface area contributed by atoms with Gasteiger partial charge in [-0.25, -0.2) is 0 Å². The van der Waals surface area contributed by atoms with Gasteiger partial charge in [-0.05, 0) is 25.1 Å². The zero-order valence-corrected chi connectivity index (χ0v) is 13.3. The number of methoxy groups -OCH3 is 1. The van der Waals surface area contributed by atoms with Gasteiger partial charge in [-0.3, -0.25) is 9.69 Å². The van der Waals surface area contributed by atoms with Crippen LogP contribution < -0.4 is 0 Å². The van der Waals surface area contributed by atoms with Gasteiger partial charge in [0.1, 0.15) is 12.4 Å². The number of hydrogen-bond acceptors (Lipinski definition) is 5. The van der Waals surface area contributed by atoms with Gasteiger partial charge in [-0.1, -0.05) is 6.92 Å². The molecule has 6 nitrogen and oxygen atoms in total. The van der Waals surface area contributed by atoms with E-state index in [9.17, 15) is 4.79 Å². The van der Waals surface area contributed by atoms with E-state index in [4.69, 9.17) is 13.9 Å². The van der Waals surface area contributed by atoms with Gasteiger partial charge in [0.2, 0.25) is 0 Å². The number of nitrogens with zero attached hydrogens (tertiary/aromatic N) is 2. The van der Waals surface area contributed by atoms with Crippen LogP contribution in [0.5, 0.6) is 0 Å². The molecule has 2 saturated heterocycles. The summed E-state index contributed by atoms with van der Waals surface area (Å²) >= 11 is 0. The van der Waals surface area contributed by atoms with Gasteiger partial charge in [-0.2, -0.15) is 0 Å². The summed E-state index contributed by atoms with van der Waals surface area (Å²) in [5.41, 5.74) is -0.0232. The van der Waals surface area contributed by atoms with Crippen molar-refractivity contribution in [2.24, 2.45) is 0 Å². The Kier molecular flexibility index (Phi) is 4.52. The fraction of sp³-hybridized carbons (Fsp3) is 0.688. The molecule has 3 heterocycles. The molecule has 1 unspecified atom stereocenters. The van der Waals surface area contributed by atoms with Crippen LogP contribution in [0, 0.1) is 0 Å². The van der Waals surface area contributed by atoms with Crippen LogP contribution in [0.2, 0.25) is 0 Å². The molecule has 1 amide bonds. The van der Waals surface area contributed by atoms with Crippen molar-refractivity contribution in [3.63, 3.8) is 0 Å². The molecule has 1 atom stereocenters. The Morgan fingerprint density at radius 3 is 2.95 bits per heavy atom. The summed E-state index contributed by atoms with van der Waals surface area (Å²) < 4.78 is 16.2. The van der Waals surface area contributed by atoms with E-state index in [1.54, 1.807) is 19.2 Å². The fourth-order valence-corrected chi connectivity index (χ4v) is 3.52. The van der Waals surface area contributed by atoms with Gasteiger partial charge in [0.15, 0.2) is 5.76 Å². The molecule has 22 heavy (non-hydrogen) atoms. The molecular weight excluding hydrogens is 284 g/mol. The maximum absolute atomic E-state index is 12.7. The fourth-order valence-electron chi connectivity index (χ4n) is 3.52. The molecule has 0 aromatic carbocycles. The van der Waals surface area contributed by atoms with Gasteiger partial charge >= 0.3 is 0 Å². The molecular formula is C16H24N2O4. The van der Waals surface area contributed by atoms with Crippen LogP contribution in [0.1, 0.15) is 29.7 Å². The van der Waals surface area contributed by atoms with Crippen LogP contribution in [0.15, 0.2) is 16.5 Å². The van der Waals surface area contributed by atoms with Crippen LogP contribution in [0.25, 0.3) is 0 Å². The van der Waals surface area contributed by atoms with Crippen LogP contribution in [-0.4, -0.2) is 67.7 Å². The molecule has 2 fully saturated rings. The van der Waals surface area contributed by atoms with Crippen molar-refractivity contribution >= 4 is 5.91 Å². The third-order valence-corrected chi connectivity index (χ3v) is 4.71. The quantitative estimate of drug-likeness (QED) is 0.841. The van der Waals surface area contributed by atoms with Gasteiger partial charge in [-0.15, -0.1) is 0 Å². The van der Waals surface area contributed by atoms with E-state index < -0.39 is 0 Å². The smallest absolute Gasteiger partial charge is 0.289 e. The van der Waals surface area contributed by atoms with Crippen LogP contribution in [-0.2, 0) is 16.1 Å². The normalized spacial score (nSPS) is 26.0. The van der Waals surface area contributed by atoms with E-state index in [1.165, 1.54) is 0 Å². The molecule has 122 valence electrons. The van der Waals surface area contributed by atoms with Crippen molar-refractivity contribution in [3.05, 3.63) is 23.7 Å². The van der Waals surface area contributed by atoms with Gasteiger partial charge in [0.25, 0.3) is 5.91 Å². The van der Waals surface area contributed by atoms with Crippen molar-refractivity contribution < 1.29 is 18.7 Å². The highest BCUT2D eigenvalue weighted by molar-refractivity contribution is 5.91.